The standard InChI is InChI=1S/C9H16NO2S.F6P/c1-7-9(4-5-11)13-6-10(7)8(2)12-3;1-7(2,3,4,5)6/h6,8,11H,4-5H2,1-3H3;/q+1;-1. The first kappa shape index (κ1) is 19.6. The number of aliphatic hydroxyl groups excluding tert-OH is 1. The summed E-state index contributed by atoms with van der Waals surface area (Å²) in [6, 6.07) is 0. The van der Waals surface area contributed by atoms with Crippen LogP contribution in [0, 0.1) is 6.92 Å². The molecule has 0 amide bonds. The number of methoxy groups -OCH3 is 1. The molecular formula is C9H16F6NO2PS. The topological polar surface area (TPSA) is 33.3 Å². The number of nitrogens with zero attached hydrogens (tertiary/aromatic N) is 1. The maximum atomic E-state index is 9.87. The summed E-state index contributed by atoms with van der Waals surface area (Å²) in [4.78, 5) is 1.23. The molecule has 0 spiro atoms. The zero-order valence-corrected chi connectivity index (χ0v) is 12.7. The van der Waals surface area contributed by atoms with Crippen LogP contribution in [0.25, 0.3) is 0 Å². The van der Waals surface area contributed by atoms with E-state index in [1.807, 2.05) is 12.4 Å². The van der Waals surface area contributed by atoms with Crippen LogP contribution >= 0.6 is 19.1 Å². The first-order valence-electron chi connectivity index (χ1n) is 5.34. The molecule has 1 heterocycles. The van der Waals surface area contributed by atoms with E-state index in [4.69, 9.17) is 9.84 Å². The predicted octanol–water partition coefficient (Wildman–Crippen LogP) is 4.43. The molecule has 0 fully saturated rings. The first-order chi connectivity index (χ1) is 8.65. The van der Waals surface area contributed by atoms with Crippen molar-refractivity contribution in [3.63, 3.8) is 0 Å². The summed E-state index contributed by atoms with van der Waals surface area (Å²) in [5, 5.41) is 8.82. The number of ether oxygens (including phenoxy) is 1. The molecule has 1 aromatic rings. The molecule has 0 aliphatic heterocycles. The van der Waals surface area contributed by atoms with Crippen LogP contribution in [0.1, 0.15) is 23.7 Å². The van der Waals surface area contributed by atoms with E-state index in [2.05, 4.69) is 11.5 Å². The van der Waals surface area contributed by atoms with Gasteiger partial charge in [-0.1, -0.05) is 11.3 Å². The first-order valence-corrected chi connectivity index (χ1v) is 8.24. The second-order valence-electron chi connectivity index (χ2n) is 3.91. The summed E-state index contributed by atoms with van der Waals surface area (Å²) in [6.07, 6.45) is 0.809. The van der Waals surface area contributed by atoms with Crippen molar-refractivity contribution in [1.29, 1.82) is 0 Å². The van der Waals surface area contributed by atoms with Crippen molar-refractivity contribution in [1.82, 2.24) is 0 Å². The van der Waals surface area contributed by atoms with Gasteiger partial charge in [0.2, 0.25) is 5.51 Å². The molecule has 20 heavy (non-hydrogen) atoms. The fourth-order valence-corrected chi connectivity index (χ4v) is 2.30. The van der Waals surface area contributed by atoms with Gasteiger partial charge in [0.1, 0.15) is 0 Å². The van der Waals surface area contributed by atoms with Crippen LogP contribution in [0.3, 0.4) is 0 Å². The van der Waals surface area contributed by atoms with Crippen LogP contribution < -0.4 is 4.57 Å². The Balaban J connectivity index is 0.000000441. The quantitative estimate of drug-likeness (QED) is 0.497. The van der Waals surface area contributed by atoms with E-state index < -0.39 is 7.81 Å². The second-order valence-corrected chi connectivity index (χ2v) is 6.76. The molecule has 1 unspecified atom stereocenters. The van der Waals surface area contributed by atoms with Crippen molar-refractivity contribution in [3.8, 4) is 0 Å². The molecular weight excluding hydrogens is 331 g/mol. The SMILES string of the molecule is COC(C)[n+]1csc(CCO)c1C.F[P-](F)(F)(F)(F)F. The van der Waals surface area contributed by atoms with E-state index in [1.165, 1.54) is 10.6 Å². The molecule has 3 nitrogen and oxygen atoms in total. The van der Waals surface area contributed by atoms with Crippen LogP contribution in [0.5, 0.6) is 0 Å². The Hall–Kier alpha value is -0.440. The average molecular weight is 347 g/mol. The molecule has 1 N–H and O–H groups in total. The third-order valence-corrected chi connectivity index (χ3v) is 3.29. The van der Waals surface area contributed by atoms with Gasteiger partial charge in [-0.15, -0.1) is 0 Å². The molecule has 0 bridgehead atoms. The van der Waals surface area contributed by atoms with E-state index >= 15 is 0 Å². The van der Waals surface area contributed by atoms with Gasteiger partial charge in [-0.3, -0.25) is 0 Å². The number of aliphatic hydroxyl groups is 1. The number of rotatable bonds is 4. The predicted molar refractivity (Wildman–Crippen MR) is 65.3 cm³/mol. The van der Waals surface area contributed by atoms with E-state index in [-0.39, 0.29) is 12.8 Å². The number of hydrogen-bond donors (Lipinski definition) is 1. The number of halogens is 6. The number of hydrogen-bond acceptors (Lipinski definition) is 3. The Bertz CT molecular complexity index is 434. The minimum absolute atomic E-state index is 0.0729. The molecule has 0 saturated heterocycles. The molecule has 0 aliphatic rings. The number of thiazole rings is 1. The fourth-order valence-electron chi connectivity index (χ4n) is 1.24. The zero-order valence-electron chi connectivity index (χ0n) is 11.0. The Morgan fingerprint density at radius 1 is 1.30 bits per heavy atom. The van der Waals surface area contributed by atoms with Crippen LogP contribution in [0.4, 0.5) is 25.2 Å². The Morgan fingerprint density at radius 3 is 2.10 bits per heavy atom. The van der Waals surface area contributed by atoms with Crippen molar-refractivity contribution in [2.75, 3.05) is 13.7 Å². The van der Waals surface area contributed by atoms with E-state index in [0.717, 1.165) is 6.42 Å². The van der Waals surface area contributed by atoms with Gasteiger partial charge in [-0.05, 0) is 0 Å². The molecule has 1 atom stereocenters. The minimum atomic E-state index is -10.7. The molecule has 11 heteroatoms. The van der Waals surface area contributed by atoms with Gasteiger partial charge in [0, 0.05) is 34.0 Å². The fraction of sp³-hybridized carbons (Fsp3) is 0.667. The Labute approximate surface area is 116 Å². The molecule has 0 aliphatic carbocycles. The van der Waals surface area contributed by atoms with Crippen molar-refractivity contribution in [2.24, 2.45) is 0 Å². The monoisotopic (exact) mass is 347 g/mol. The van der Waals surface area contributed by atoms with E-state index in [9.17, 15) is 25.2 Å². The third kappa shape index (κ3) is 10.4. The third-order valence-electron chi connectivity index (χ3n) is 2.17. The van der Waals surface area contributed by atoms with Gasteiger partial charge >= 0.3 is 33.0 Å². The van der Waals surface area contributed by atoms with Crippen molar-refractivity contribution < 1.29 is 39.6 Å². The maximum absolute atomic E-state index is 10.7. The van der Waals surface area contributed by atoms with Gasteiger partial charge in [-0.2, -0.15) is 4.57 Å². The summed E-state index contributed by atoms with van der Waals surface area (Å²) in [6.45, 7) is 4.27. The van der Waals surface area contributed by atoms with E-state index in [1.54, 1.807) is 18.4 Å². The Kier molecular flexibility index (Phi) is 5.62. The van der Waals surface area contributed by atoms with Crippen molar-refractivity contribution in [2.45, 2.75) is 26.5 Å². The van der Waals surface area contributed by atoms with Crippen LogP contribution in [-0.2, 0) is 11.2 Å². The molecule has 1 aromatic heterocycles. The summed E-state index contributed by atoms with van der Waals surface area (Å²) < 4.78 is 66.5. The van der Waals surface area contributed by atoms with Gasteiger partial charge in [-0.25, -0.2) is 0 Å². The molecule has 0 saturated carbocycles. The van der Waals surface area contributed by atoms with Crippen LogP contribution in [-0.4, -0.2) is 18.8 Å². The summed E-state index contributed by atoms with van der Waals surface area (Å²) in [5.41, 5.74) is 3.22. The van der Waals surface area contributed by atoms with E-state index in [0.29, 0.717) is 0 Å². The van der Waals surface area contributed by atoms with Crippen LogP contribution in [0.2, 0.25) is 0 Å². The second kappa shape index (κ2) is 5.75. The van der Waals surface area contributed by atoms with Gasteiger partial charge < -0.3 is 9.84 Å². The van der Waals surface area contributed by atoms with Gasteiger partial charge in [0.25, 0.3) is 6.23 Å². The summed E-state index contributed by atoms with van der Waals surface area (Å²) >= 11 is 1.67. The van der Waals surface area contributed by atoms with Crippen molar-refractivity contribution in [3.05, 3.63) is 16.1 Å². The zero-order chi connectivity index (χ0) is 16.3. The molecule has 0 radical (unpaired) electrons. The summed E-state index contributed by atoms with van der Waals surface area (Å²) in [7, 11) is -8.96. The van der Waals surface area contributed by atoms with Crippen molar-refractivity contribution >= 4 is 19.1 Å². The van der Waals surface area contributed by atoms with Gasteiger partial charge in [0.15, 0.2) is 5.69 Å². The van der Waals surface area contributed by atoms with Crippen LogP contribution in [0.15, 0.2) is 5.51 Å². The van der Waals surface area contributed by atoms with Gasteiger partial charge in [0.05, 0.1) is 4.88 Å². The molecule has 122 valence electrons. The molecule has 1 rings (SSSR count). The summed E-state index contributed by atoms with van der Waals surface area (Å²) in [5.74, 6) is 0. The number of aromatic nitrogens is 1. The average Bonchev–Trinajstić information content (AvgIpc) is 2.56. The molecule has 0 aromatic carbocycles. The normalized spacial score (nSPS) is 16.7. The Morgan fingerprint density at radius 2 is 1.75 bits per heavy atom.